The number of amidine groups is 1. The lowest BCUT2D eigenvalue weighted by molar-refractivity contribution is -0.118. The summed E-state index contributed by atoms with van der Waals surface area (Å²) in [5, 5.41) is 11.7. The van der Waals surface area contributed by atoms with Gasteiger partial charge in [0.05, 0.1) is 11.0 Å². The molecule has 122 valence electrons. The van der Waals surface area contributed by atoms with Gasteiger partial charge < -0.3 is 5.32 Å². The fraction of sp³-hybridized carbons (Fsp3) is 0.211. The topological polar surface area (TPSA) is 53.8 Å². The van der Waals surface area contributed by atoms with Crippen LogP contribution in [0.15, 0.2) is 64.8 Å². The Labute approximate surface area is 146 Å². The van der Waals surface area contributed by atoms with Gasteiger partial charge in [-0.15, -0.1) is 5.10 Å². The predicted molar refractivity (Wildman–Crippen MR) is 100 cm³/mol. The molecular weight excluding hydrogens is 318 g/mol. The van der Waals surface area contributed by atoms with Crippen LogP contribution in [-0.2, 0) is 11.2 Å². The number of rotatable bonds is 4. The Morgan fingerprint density at radius 2 is 1.96 bits per heavy atom. The number of carbonyl (C=O) groups excluding carboxylic acids is 1. The largest absolute Gasteiger partial charge is 0.303 e. The van der Waals surface area contributed by atoms with E-state index in [1.54, 1.807) is 0 Å². The van der Waals surface area contributed by atoms with Gasteiger partial charge in [0.15, 0.2) is 5.17 Å². The average molecular weight is 337 g/mol. The Balaban J connectivity index is 1.68. The van der Waals surface area contributed by atoms with Crippen LogP contribution in [0.25, 0.3) is 0 Å². The summed E-state index contributed by atoms with van der Waals surface area (Å²) < 4.78 is 0. The molecule has 5 heteroatoms. The highest BCUT2D eigenvalue weighted by atomic mass is 32.2. The molecule has 0 aliphatic carbocycles. The molecule has 1 aliphatic rings. The van der Waals surface area contributed by atoms with Crippen LogP contribution in [0.5, 0.6) is 0 Å². The van der Waals surface area contributed by atoms with Crippen LogP contribution >= 0.6 is 11.8 Å². The Hall–Kier alpha value is -2.40. The zero-order valence-corrected chi connectivity index (χ0v) is 14.5. The van der Waals surface area contributed by atoms with Crippen molar-refractivity contribution in [2.45, 2.75) is 25.5 Å². The Morgan fingerprint density at radius 3 is 2.71 bits per heavy atom. The van der Waals surface area contributed by atoms with Gasteiger partial charge in [-0.05, 0) is 31.4 Å². The molecular formula is C19H19N3OS. The lowest BCUT2D eigenvalue weighted by Crippen LogP contribution is -2.26. The molecule has 4 nitrogen and oxygen atoms in total. The third-order valence-corrected chi connectivity index (χ3v) is 4.83. The minimum atomic E-state index is -0.155. The summed E-state index contributed by atoms with van der Waals surface area (Å²) >= 11 is 1.44. The lowest BCUT2D eigenvalue weighted by atomic mass is 10.1. The molecule has 3 rings (SSSR count). The number of nitrogens with one attached hydrogen (secondary N) is 1. The van der Waals surface area contributed by atoms with Gasteiger partial charge in [0, 0.05) is 0 Å². The molecule has 1 amide bonds. The quantitative estimate of drug-likeness (QED) is 0.685. The number of thioether (sulfide) groups is 1. The fourth-order valence-electron chi connectivity index (χ4n) is 2.50. The average Bonchev–Trinajstić information content (AvgIpc) is 2.93. The second-order valence-corrected chi connectivity index (χ2v) is 6.94. The van der Waals surface area contributed by atoms with Gasteiger partial charge in [0.2, 0.25) is 5.91 Å². The van der Waals surface area contributed by atoms with Crippen LogP contribution in [0.4, 0.5) is 0 Å². The van der Waals surface area contributed by atoms with Crippen molar-refractivity contribution in [1.29, 1.82) is 0 Å². The number of aryl methyl sites for hydroxylation is 1. The third kappa shape index (κ3) is 4.11. The van der Waals surface area contributed by atoms with Crippen LogP contribution < -0.4 is 5.32 Å². The standard InChI is InChI=1S/C19H19N3OS/c1-13-7-6-8-15(11-13)12-17-18(23)20-19(24-17)22-21-14(2)16-9-4-3-5-10-16/h3-11,17H,12H2,1-2H3,(H,20,22,23)/b21-14+. The maximum atomic E-state index is 12.1. The lowest BCUT2D eigenvalue weighted by Gasteiger charge is -2.05. The molecule has 1 heterocycles. The molecule has 2 aromatic carbocycles. The number of carbonyl (C=O) groups is 1. The first-order valence-electron chi connectivity index (χ1n) is 7.82. The first-order valence-corrected chi connectivity index (χ1v) is 8.70. The summed E-state index contributed by atoms with van der Waals surface area (Å²) in [7, 11) is 0. The van der Waals surface area contributed by atoms with Crippen LogP contribution in [0.2, 0.25) is 0 Å². The van der Waals surface area contributed by atoms with Crippen molar-refractivity contribution in [2.75, 3.05) is 0 Å². The van der Waals surface area contributed by atoms with Gasteiger partial charge in [-0.1, -0.05) is 71.9 Å². The maximum Gasteiger partial charge on any atom is 0.239 e. The minimum absolute atomic E-state index is 0.00665. The Morgan fingerprint density at radius 1 is 1.17 bits per heavy atom. The second-order valence-electron chi connectivity index (χ2n) is 5.75. The van der Waals surface area contributed by atoms with Crippen LogP contribution in [0, 0.1) is 6.92 Å². The van der Waals surface area contributed by atoms with E-state index in [0.717, 1.165) is 16.8 Å². The van der Waals surface area contributed by atoms with Gasteiger partial charge in [-0.2, -0.15) is 5.10 Å². The summed E-state index contributed by atoms with van der Waals surface area (Å²) in [5.74, 6) is -0.00665. The Bertz CT molecular complexity index is 799. The number of hydrogen-bond donors (Lipinski definition) is 1. The van der Waals surface area contributed by atoms with E-state index in [1.165, 1.54) is 17.3 Å². The van der Waals surface area contributed by atoms with E-state index in [9.17, 15) is 4.79 Å². The highest BCUT2D eigenvalue weighted by Gasteiger charge is 2.30. The summed E-state index contributed by atoms with van der Waals surface area (Å²) in [6, 6.07) is 18.1. The normalized spacial score (nSPS) is 19.6. The number of hydrogen-bond acceptors (Lipinski definition) is 4. The molecule has 1 N–H and O–H groups in total. The first kappa shape index (κ1) is 16.5. The molecule has 1 fully saturated rings. The van der Waals surface area contributed by atoms with E-state index >= 15 is 0 Å². The highest BCUT2D eigenvalue weighted by Crippen LogP contribution is 2.23. The maximum absolute atomic E-state index is 12.1. The molecule has 2 aromatic rings. The zero-order chi connectivity index (χ0) is 16.9. The van der Waals surface area contributed by atoms with E-state index in [4.69, 9.17) is 0 Å². The molecule has 1 aliphatic heterocycles. The van der Waals surface area contributed by atoms with Crippen molar-refractivity contribution >= 4 is 28.5 Å². The van der Waals surface area contributed by atoms with Gasteiger partial charge in [0.25, 0.3) is 0 Å². The molecule has 1 atom stereocenters. The fourth-order valence-corrected chi connectivity index (χ4v) is 3.46. The zero-order valence-electron chi connectivity index (χ0n) is 13.7. The predicted octanol–water partition coefficient (Wildman–Crippen LogP) is 3.55. The Kier molecular flexibility index (Phi) is 5.11. The highest BCUT2D eigenvalue weighted by molar-refractivity contribution is 8.15. The van der Waals surface area contributed by atoms with Crippen molar-refractivity contribution in [2.24, 2.45) is 10.2 Å². The molecule has 1 unspecified atom stereocenters. The van der Waals surface area contributed by atoms with Crippen molar-refractivity contribution < 1.29 is 4.79 Å². The molecule has 0 saturated carbocycles. The second kappa shape index (κ2) is 7.45. The van der Waals surface area contributed by atoms with Gasteiger partial charge >= 0.3 is 0 Å². The van der Waals surface area contributed by atoms with Gasteiger partial charge in [0.1, 0.15) is 0 Å². The SMILES string of the molecule is C/C(=N\N=C1/NC(=O)C(Cc2cccc(C)c2)S1)c1ccccc1. The van der Waals surface area contributed by atoms with Gasteiger partial charge in [-0.25, -0.2) is 0 Å². The van der Waals surface area contributed by atoms with E-state index in [1.807, 2.05) is 49.4 Å². The van der Waals surface area contributed by atoms with E-state index < -0.39 is 0 Å². The number of nitrogens with zero attached hydrogens (tertiary/aromatic N) is 2. The first-order chi connectivity index (χ1) is 11.6. The summed E-state index contributed by atoms with van der Waals surface area (Å²) in [4.78, 5) is 12.1. The minimum Gasteiger partial charge on any atom is -0.303 e. The molecule has 0 spiro atoms. The molecule has 24 heavy (non-hydrogen) atoms. The smallest absolute Gasteiger partial charge is 0.239 e. The molecule has 1 saturated heterocycles. The van der Waals surface area contributed by atoms with Crippen LogP contribution in [-0.4, -0.2) is 22.0 Å². The molecule has 0 aromatic heterocycles. The van der Waals surface area contributed by atoms with Crippen molar-refractivity contribution in [3.05, 3.63) is 71.3 Å². The van der Waals surface area contributed by atoms with Crippen molar-refractivity contribution in [3.63, 3.8) is 0 Å². The number of amides is 1. The van der Waals surface area contributed by atoms with Crippen molar-refractivity contribution in [3.8, 4) is 0 Å². The van der Waals surface area contributed by atoms with Crippen LogP contribution in [0.1, 0.15) is 23.6 Å². The van der Waals surface area contributed by atoms with E-state index in [-0.39, 0.29) is 11.2 Å². The number of benzene rings is 2. The van der Waals surface area contributed by atoms with Crippen LogP contribution in [0.3, 0.4) is 0 Å². The van der Waals surface area contributed by atoms with E-state index in [0.29, 0.717) is 11.6 Å². The summed E-state index contributed by atoms with van der Waals surface area (Å²) in [6.45, 7) is 3.96. The molecule has 0 bridgehead atoms. The monoisotopic (exact) mass is 337 g/mol. The van der Waals surface area contributed by atoms with Crippen molar-refractivity contribution in [1.82, 2.24) is 5.32 Å². The van der Waals surface area contributed by atoms with E-state index in [2.05, 4.69) is 34.6 Å². The van der Waals surface area contributed by atoms with Gasteiger partial charge in [-0.3, -0.25) is 4.79 Å². The summed E-state index contributed by atoms with van der Waals surface area (Å²) in [6.07, 6.45) is 0.693. The summed E-state index contributed by atoms with van der Waals surface area (Å²) in [5.41, 5.74) is 4.20. The molecule has 0 radical (unpaired) electrons. The third-order valence-electron chi connectivity index (χ3n) is 3.76.